The molecular formula is C31H35F4N9O. The first kappa shape index (κ1) is 31.8. The molecule has 14 heteroatoms. The van der Waals surface area contributed by atoms with Crippen molar-refractivity contribution in [3.8, 4) is 0 Å². The van der Waals surface area contributed by atoms with E-state index < -0.39 is 23.8 Å². The fourth-order valence-electron chi connectivity index (χ4n) is 4.91. The molecule has 2 N–H and O–H groups in total. The number of carbonyl (C=O) groups is 1. The Hall–Kier alpha value is -4.59. The van der Waals surface area contributed by atoms with Crippen LogP contribution in [0.2, 0.25) is 0 Å². The highest BCUT2D eigenvalue weighted by Crippen LogP contribution is 2.35. The number of hydrogen-bond acceptors (Lipinski definition) is 9. The number of amides is 1. The first-order chi connectivity index (χ1) is 21.4. The summed E-state index contributed by atoms with van der Waals surface area (Å²) in [7, 11) is 5.47. The molecule has 238 valence electrons. The minimum Gasteiger partial charge on any atom is -0.373 e. The fraction of sp³-hybridized carbons (Fsp3) is 0.387. The van der Waals surface area contributed by atoms with E-state index in [1.54, 1.807) is 36.3 Å². The molecule has 4 aromatic rings. The van der Waals surface area contributed by atoms with E-state index in [2.05, 4.69) is 30.6 Å². The van der Waals surface area contributed by atoms with Gasteiger partial charge in [0.25, 0.3) is 5.91 Å². The number of carbonyl (C=O) groups excluding carboxylic acids is 1. The number of rotatable bonds is 9. The van der Waals surface area contributed by atoms with Gasteiger partial charge < -0.3 is 25.3 Å². The van der Waals surface area contributed by atoms with Crippen LogP contribution >= 0.6 is 0 Å². The lowest BCUT2D eigenvalue weighted by molar-refractivity contribution is -0.137. The average molecular weight is 626 g/mol. The highest BCUT2D eigenvalue weighted by Gasteiger charge is 2.32. The highest BCUT2D eigenvalue weighted by atomic mass is 19.4. The molecule has 0 saturated carbocycles. The zero-order chi connectivity index (χ0) is 32.3. The number of halogens is 4. The summed E-state index contributed by atoms with van der Waals surface area (Å²) in [5, 5.41) is 5.86. The summed E-state index contributed by atoms with van der Waals surface area (Å²) in [5.74, 6) is 0.255. The van der Waals surface area contributed by atoms with Crippen LogP contribution in [-0.2, 0) is 6.18 Å². The second kappa shape index (κ2) is 13.2. The Morgan fingerprint density at radius 3 is 2.49 bits per heavy atom. The molecule has 1 aliphatic heterocycles. The molecule has 2 aromatic carbocycles. The van der Waals surface area contributed by atoms with E-state index in [-0.39, 0.29) is 11.3 Å². The summed E-state index contributed by atoms with van der Waals surface area (Å²) in [4.78, 5) is 36.6. The molecule has 1 amide bonds. The van der Waals surface area contributed by atoms with Gasteiger partial charge in [-0.15, -0.1) is 0 Å². The van der Waals surface area contributed by atoms with Gasteiger partial charge >= 0.3 is 6.18 Å². The van der Waals surface area contributed by atoms with E-state index in [1.807, 2.05) is 30.8 Å². The molecular weight excluding hydrogens is 590 g/mol. The van der Waals surface area contributed by atoms with Gasteiger partial charge in [0.2, 0.25) is 5.95 Å². The van der Waals surface area contributed by atoms with Crippen molar-refractivity contribution in [2.45, 2.75) is 32.1 Å². The van der Waals surface area contributed by atoms with E-state index in [4.69, 9.17) is 0 Å². The van der Waals surface area contributed by atoms with E-state index in [0.717, 1.165) is 17.7 Å². The van der Waals surface area contributed by atoms with Gasteiger partial charge in [-0.25, -0.2) is 24.3 Å². The number of aromatic nitrogens is 4. The summed E-state index contributed by atoms with van der Waals surface area (Å²) in [6.07, 6.45) is -1.66. The molecule has 0 atom stereocenters. The first-order valence-corrected chi connectivity index (χ1v) is 14.5. The van der Waals surface area contributed by atoms with Crippen molar-refractivity contribution >= 4 is 45.8 Å². The highest BCUT2D eigenvalue weighted by molar-refractivity contribution is 6.05. The molecule has 1 saturated heterocycles. The van der Waals surface area contributed by atoms with Gasteiger partial charge in [-0.05, 0) is 69.8 Å². The third-order valence-electron chi connectivity index (χ3n) is 7.65. The van der Waals surface area contributed by atoms with Crippen LogP contribution in [0.25, 0.3) is 11.0 Å². The predicted octanol–water partition coefficient (Wildman–Crippen LogP) is 5.68. The number of alkyl halides is 4. The van der Waals surface area contributed by atoms with E-state index in [0.29, 0.717) is 73.2 Å². The summed E-state index contributed by atoms with van der Waals surface area (Å²) in [5.41, 5.74) is 2.03. The molecule has 3 heterocycles. The number of nitrogens with one attached hydrogen (secondary N) is 2. The third-order valence-corrected chi connectivity index (χ3v) is 7.65. The summed E-state index contributed by atoms with van der Waals surface area (Å²) < 4.78 is 55.0. The van der Waals surface area contributed by atoms with Crippen molar-refractivity contribution in [2.24, 2.45) is 0 Å². The summed E-state index contributed by atoms with van der Waals surface area (Å²) in [6.45, 7) is 3.98. The van der Waals surface area contributed by atoms with Crippen molar-refractivity contribution in [1.29, 1.82) is 0 Å². The lowest BCUT2D eigenvalue weighted by atomic mass is 10.1. The second-order valence-corrected chi connectivity index (χ2v) is 11.4. The van der Waals surface area contributed by atoms with Crippen LogP contribution in [0.5, 0.6) is 0 Å². The third kappa shape index (κ3) is 7.74. The van der Waals surface area contributed by atoms with Crippen LogP contribution in [0, 0.1) is 6.92 Å². The first-order valence-electron chi connectivity index (χ1n) is 14.5. The van der Waals surface area contributed by atoms with E-state index >= 15 is 0 Å². The molecule has 0 radical (unpaired) electrons. The van der Waals surface area contributed by atoms with Crippen LogP contribution in [0.3, 0.4) is 0 Å². The van der Waals surface area contributed by atoms with Gasteiger partial charge in [-0.3, -0.25) is 4.79 Å². The predicted molar refractivity (Wildman–Crippen MR) is 167 cm³/mol. The number of anilines is 5. The van der Waals surface area contributed by atoms with Gasteiger partial charge in [0.15, 0.2) is 5.82 Å². The molecule has 1 aliphatic rings. The maximum absolute atomic E-state index is 13.8. The number of piperidine rings is 1. The van der Waals surface area contributed by atoms with Crippen molar-refractivity contribution in [2.75, 3.05) is 67.8 Å². The molecule has 1 fully saturated rings. The van der Waals surface area contributed by atoms with Crippen molar-refractivity contribution < 1.29 is 22.4 Å². The zero-order valence-electron chi connectivity index (χ0n) is 25.5. The van der Waals surface area contributed by atoms with E-state index in [9.17, 15) is 22.4 Å². The van der Waals surface area contributed by atoms with Crippen molar-refractivity contribution in [1.82, 2.24) is 24.8 Å². The Bertz CT molecular complexity index is 1670. The zero-order valence-corrected chi connectivity index (χ0v) is 25.5. The quantitative estimate of drug-likeness (QED) is 0.228. The van der Waals surface area contributed by atoms with Gasteiger partial charge in [0.1, 0.15) is 23.5 Å². The monoisotopic (exact) mass is 625 g/mol. The molecule has 10 nitrogen and oxygen atoms in total. The number of hydrogen-bond donors (Lipinski definition) is 2. The standard InChI is InChI=1S/C31H35F4N9O/c1-19-5-6-20(29(45)39-23-14-21(31(33,34)35)15-24(16-23)43(4)12-11-42(2)3)13-25(19)40-28-27-26(37-18-38-28)17-36-30(41-27)44-9-7-22(32)8-10-44/h5-6,13-18,22H,7-12H2,1-4H3,(H,39,45)(H,37,38,40). The van der Waals surface area contributed by atoms with E-state index in [1.165, 1.54) is 12.4 Å². The maximum atomic E-state index is 13.8. The number of nitrogens with zero attached hydrogens (tertiary/aromatic N) is 7. The molecule has 0 unspecified atom stereocenters. The number of fused-ring (bicyclic) bond motifs is 1. The Labute approximate surface area is 258 Å². The maximum Gasteiger partial charge on any atom is 0.416 e. The van der Waals surface area contributed by atoms with Gasteiger partial charge in [-0.2, -0.15) is 13.2 Å². The van der Waals surface area contributed by atoms with Gasteiger partial charge in [0, 0.05) is 55.9 Å². The minimum atomic E-state index is -4.59. The SMILES string of the molecule is Cc1ccc(C(=O)Nc2cc(N(C)CCN(C)C)cc(C(F)(F)F)c2)cc1Nc1ncnc2cnc(N3CCC(F)CC3)nc12. The van der Waals surface area contributed by atoms with Crippen molar-refractivity contribution in [3.05, 3.63) is 65.6 Å². The van der Waals surface area contributed by atoms with Gasteiger partial charge in [0.05, 0.1) is 11.8 Å². The Morgan fingerprint density at radius 1 is 1.02 bits per heavy atom. The van der Waals surface area contributed by atoms with Crippen LogP contribution < -0.4 is 20.4 Å². The largest absolute Gasteiger partial charge is 0.416 e. The topological polar surface area (TPSA) is 102 Å². The second-order valence-electron chi connectivity index (χ2n) is 11.4. The smallest absolute Gasteiger partial charge is 0.373 e. The number of aryl methyl sites for hydroxylation is 1. The molecule has 45 heavy (non-hydrogen) atoms. The normalized spacial score (nSPS) is 14.2. The Kier molecular flexibility index (Phi) is 9.32. The molecule has 0 bridgehead atoms. The molecule has 2 aromatic heterocycles. The van der Waals surface area contributed by atoms with Crippen LogP contribution in [0.4, 0.5) is 46.4 Å². The summed E-state index contributed by atoms with van der Waals surface area (Å²) in [6, 6.07) is 8.45. The Balaban J connectivity index is 1.39. The molecule has 5 rings (SSSR count). The molecule has 0 spiro atoms. The number of likely N-dealkylation sites (N-methyl/N-ethyl adjacent to an activating group) is 2. The lowest BCUT2D eigenvalue weighted by Crippen LogP contribution is -2.35. The van der Waals surface area contributed by atoms with Crippen molar-refractivity contribution in [3.63, 3.8) is 0 Å². The fourth-order valence-corrected chi connectivity index (χ4v) is 4.91. The lowest BCUT2D eigenvalue weighted by Gasteiger charge is -2.28. The van der Waals surface area contributed by atoms with Gasteiger partial charge in [-0.1, -0.05) is 6.07 Å². The molecule has 0 aliphatic carbocycles. The van der Waals surface area contributed by atoms with Crippen LogP contribution in [0.15, 0.2) is 48.9 Å². The van der Waals surface area contributed by atoms with Crippen LogP contribution in [-0.4, -0.2) is 84.2 Å². The average Bonchev–Trinajstić information content (AvgIpc) is 3.00. The number of benzene rings is 2. The Morgan fingerprint density at radius 2 is 1.78 bits per heavy atom. The minimum absolute atomic E-state index is 0.0273. The van der Waals surface area contributed by atoms with Crippen LogP contribution in [0.1, 0.15) is 34.3 Å². The summed E-state index contributed by atoms with van der Waals surface area (Å²) >= 11 is 0.